The van der Waals surface area contributed by atoms with Gasteiger partial charge in [-0.2, -0.15) is 26.3 Å². The molecule has 3 aromatic heterocycles. The average Bonchev–Trinajstić information content (AvgIpc) is 3.97. The lowest BCUT2D eigenvalue weighted by Gasteiger charge is -2.17. The Kier molecular flexibility index (Phi) is 11.1. The van der Waals surface area contributed by atoms with Crippen molar-refractivity contribution < 1.29 is 22.3 Å². The molecule has 1 aliphatic heterocycles. The highest BCUT2D eigenvalue weighted by molar-refractivity contribution is 7.58. The van der Waals surface area contributed by atoms with Crippen LogP contribution in [-0.2, 0) is 28.1 Å². The Labute approximate surface area is 315 Å². The van der Waals surface area contributed by atoms with Crippen LogP contribution in [0.1, 0.15) is 76.3 Å². The van der Waals surface area contributed by atoms with Crippen molar-refractivity contribution in [3.63, 3.8) is 0 Å². The molecule has 13 heteroatoms. The Morgan fingerprint density at radius 3 is 1.54 bits per heavy atom. The summed E-state index contributed by atoms with van der Waals surface area (Å²) in [5.41, 5.74) is 5.98. The number of fused-ring (bicyclic) bond motifs is 2. The molecule has 0 saturated carbocycles. The number of aromatic nitrogens is 2. The largest absolute Gasteiger partial charge is 0.383 e. The van der Waals surface area contributed by atoms with Crippen LogP contribution in [0, 0.1) is 0 Å². The summed E-state index contributed by atoms with van der Waals surface area (Å²) in [5.74, 6) is -2.90. The minimum absolute atomic E-state index is 0.0287. The maximum atomic E-state index is 14.9. The average molecular weight is 781 g/mol. The maximum absolute atomic E-state index is 14.9. The van der Waals surface area contributed by atoms with Gasteiger partial charge >= 0.3 is 6.11 Å². The molecule has 0 fully saturated rings. The molecular weight excluding hydrogens is 745 g/mol. The van der Waals surface area contributed by atoms with Crippen LogP contribution in [0.4, 0.5) is 28.9 Å². The standard InChI is InChI=1S/C39H36F4N4OS4/c1-3-4-5-6-7-8-9-10-23-48-39(42,43)27-17-13-25(14-18-27)29-20-22-31(50-29)33-36-34(44-51-46-36)32(35-37(33)47-52-45-35)30-21-19-28(49-30)24-11-15-26(16-12-24)38(2,40)41/h11-22H,3-10,23H2,1-2H3. The second-order valence-electron chi connectivity index (χ2n) is 12.9. The van der Waals surface area contributed by atoms with Crippen LogP contribution in [-0.4, -0.2) is 15.4 Å². The normalized spacial score (nSPS) is 12.9. The van der Waals surface area contributed by atoms with Crippen molar-refractivity contribution in [2.24, 2.45) is 8.73 Å². The Morgan fingerprint density at radius 2 is 1.04 bits per heavy atom. The van der Waals surface area contributed by atoms with Crippen LogP contribution in [0.15, 0.2) is 81.5 Å². The highest BCUT2D eigenvalue weighted by Crippen LogP contribution is 2.54. The first-order chi connectivity index (χ1) is 25.1. The molecule has 0 bridgehead atoms. The highest BCUT2D eigenvalue weighted by atomic mass is 32.1. The number of nitrogens with zero attached hydrogens (tertiary/aromatic N) is 4. The summed E-state index contributed by atoms with van der Waals surface area (Å²) < 4.78 is 81.2. The smallest absolute Gasteiger partial charge is 0.317 e. The topological polar surface area (TPSA) is 59.7 Å². The third-order valence-corrected chi connectivity index (χ3v) is 12.5. The van der Waals surface area contributed by atoms with Gasteiger partial charge in [0.1, 0.15) is 22.4 Å². The van der Waals surface area contributed by atoms with E-state index in [0.29, 0.717) is 28.8 Å². The van der Waals surface area contributed by atoms with E-state index < -0.39 is 12.0 Å². The summed E-state index contributed by atoms with van der Waals surface area (Å²) in [4.78, 5) is 3.68. The van der Waals surface area contributed by atoms with E-state index in [9.17, 15) is 17.6 Å². The van der Waals surface area contributed by atoms with E-state index in [4.69, 9.17) is 22.2 Å². The quantitative estimate of drug-likeness (QED) is 0.0725. The molecule has 0 amide bonds. The maximum Gasteiger partial charge on any atom is 0.383 e. The number of rotatable bonds is 16. The molecule has 6 aromatic rings. The van der Waals surface area contributed by atoms with Gasteiger partial charge in [-0.15, -0.1) is 22.7 Å². The monoisotopic (exact) mass is 780 g/mol. The zero-order valence-electron chi connectivity index (χ0n) is 28.6. The summed E-state index contributed by atoms with van der Waals surface area (Å²) in [6, 6.07) is 20.6. The van der Waals surface area contributed by atoms with E-state index in [1.54, 1.807) is 24.3 Å². The summed E-state index contributed by atoms with van der Waals surface area (Å²) in [6.45, 7) is 3.11. The Morgan fingerprint density at radius 1 is 0.577 bits per heavy atom. The molecule has 7 rings (SSSR count). The first-order valence-corrected chi connectivity index (χ1v) is 20.5. The van der Waals surface area contributed by atoms with Crippen LogP contribution in [0.3, 0.4) is 0 Å². The summed E-state index contributed by atoms with van der Waals surface area (Å²) in [7, 11) is 0. The molecule has 270 valence electrons. The molecule has 4 heterocycles. The van der Waals surface area contributed by atoms with Gasteiger partial charge < -0.3 is 4.74 Å². The molecule has 5 nitrogen and oxygen atoms in total. The zero-order chi connectivity index (χ0) is 36.3. The van der Waals surface area contributed by atoms with Gasteiger partial charge in [-0.3, -0.25) is 0 Å². The molecule has 0 spiro atoms. The lowest BCUT2D eigenvalue weighted by atomic mass is 10.0. The number of thiophene rings is 2. The van der Waals surface area contributed by atoms with Crippen molar-refractivity contribution in [2.75, 3.05) is 6.61 Å². The molecule has 0 atom stereocenters. The van der Waals surface area contributed by atoms with Gasteiger partial charge in [0, 0.05) is 43.1 Å². The SMILES string of the molecule is CCCCCCCCCCOC(F)(F)c1ccc(-c2ccc(-c3c4c(c(-c5ccc(-c6ccc(C(C)(F)F)cc6)s5)c5nsnc35)N=S=N4)s2)cc1. The second kappa shape index (κ2) is 15.8. The molecule has 0 N–H and O–H groups in total. The third kappa shape index (κ3) is 7.84. The van der Waals surface area contributed by atoms with E-state index in [2.05, 4.69) is 6.92 Å². The van der Waals surface area contributed by atoms with Crippen molar-refractivity contribution in [3.05, 3.63) is 83.9 Å². The Balaban J connectivity index is 1.08. The van der Waals surface area contributed by atoms with Crippen molar-refractivity contribution >= 4 is 68.2 Å². The number of hydrogen-bond acceptors (Lipinski definition) is 8. The van der Waals surface area contributed by atoms with E-state index in [1.807, 2.05) is 24.3 Å². The van der Waals surface area contributed by atoms with Crippen molar-refractivity contribution in [1.82, 2.24) is 8.75 Å². The van der Waals surface area contributed by atoms with Gasteiger partial charge in [0.15, 0.2) is 0 Å². The number of ether oxygens (including phenoxy) is 1. The summed E-state index contributed by atoms with van der Waals surface area (Å²) in [5, 5.41) is 0. The lowest BCUT2D eigenvalue weighted by Crippen LogP contribution is -2.18. The molecule has 0 aliphatic carbocycles. The molecule has 0 radical (unpaired) electrons. The van der Waals surface area contributed by atoms with Crippen LogP contribution < -0.4 is 0 Å². The second-order valence-corrected chi connectivity index (χ2v) is 16.1. The van der Waals surface area contributed by atoms with Gasteiger partial charge in [0.05, 0.1) is 35.3 Å². The van der Waals surface area contributed by atoms with Crippen molar-refractivity contribution in [3.8, 4) is 41.8 Å². The van der Waals surface area contributed by atoms with Gasteiger partial charge in [-0.25, -0.2) is 8.78 Å². The zero-order valence-corrected chi connectivity index (χ0v) is 31.9. The van der Waals surface area contributed by atoms with Crippen LogP contribution in [0.2, 0.25) is 0 Å². The Bertz CT molecular complexity index is 2230. The molecular formula is C39H36F4N4OS4. The molecule has 1 aliphatic rings. The number of unbranched alkanes of at least 4 members (excludes halogenated alkanes) is 7. The Hall–Kier alpha value is -3.62. The lowest BCUT2D eigenvalue weighted by molar-refractivity contribution is -0.249. The first-order valence-electron chi connectivity index (χ1n) is 17.4. The van der Waals surface area contributed by atoms with Crippen LogP contribution in [0.5, 0.6) is 0 Å². The van der Waals surface area contributed by atoms with Crippen LogP contribution >= 0.6 is 34.4 Å². The number of halogens is 4. The minimum atomic E-state index is -3.35. The number of alkyl halides is 4. The number of hydrogen-bond donors (Lipinski definition) is 0. The van der Waals surface area contributed by atoms with Gasteiger partial charge in [-0.05, 0) is 53.9 Å². The van der Waals surface area contributed by atoms with E-state index in [-0.39, 0.29) is 17.7 Å². The third-order valence-electron chi connectivity index (χ3n) is 9.09. The molecule has 3 aromatic carbocycles. The fourth-order valence-corrected chi connectivity index (χ4v) is 9.49. The fourth-order valence-electron chi connectivity index (χ4n) is 6.25. The van der Waals surface area contributed by atoms with E-state index in [0.717, 1.165) is 91.0 Å². The van der Waals surface area contributed by atoms with Gasteiger partial charge in [-0.1, -0.05) is 88.3 Å². The molecule has 0 saturated heterocycles. The van der Waals surface area contributed by atoms with Gasteiger partial charge in [0.2, 0.25) is 0 Å². The van der Waals surface area contributed by atoms with Crippen LogP contribution in [0.25, 0.3) is 52.8 Å². The van der Waals surface area contributed by atoms with Crippen molar-refractivity contribution in [1.29, 1.82) is 0 Å². The van der Waals surface area contributed by atoms with E-state index >= 15 is 0 Å². The summed E-state index contributed by atoms with van der Waals surface area (Å²) in [6.07, 6.45) is 5.28. The highest BCUT2D eigenvalue weighted by Gasteiger charge is 2.33. The predicted octanol–water partition coefficient (Wildman–Crippen LogP) is 14.5. The first kappa shape index (κ1) is 36.7. The number of benzene rings is 3. The molecule has 0 unspecified atom stereocenters. The predicted molar refractivity (Wildman–Crippen MR) is 208 cm³/mol. The van der Waals surface area contributed by atoms with Gasteiger partial charge in [0.25, 0.3) is 5.92 Å². The minimum Gasteiger partial charge on any atom is -0.317 e. The fraction of sp³-hybridized carbons (Fsp3) is 0.333. The molecule has 52 heavy (non-hydrogen) atoms. The summed E-state index contributed by atoms with van der Waals surface area (Å²) >= 11 is 5.29. The van der Waals surface area contributed by atoms with Crippen molar-refractivity contribution in [2.45, 2.75) is 77.2 Å². The van der Waals surface area contributed by atoms with E-state index in [1.165, 1.54) is 72.6 Å².